The third kappa shape index (κ3) is 6.16. The molecule has 0 bridgehead atoms. The zero-order valence-electron chi connectivity index (χ0n) is 19.2. The van der Waals surface area contributed by atoms with Gasteiger partial charge in [-0.15, -0.1) is 0 Å². The zero-order valence-corrected chi connectivity index (χ0v) is 19.2. The van der Waals surface area contributed by atoms with Crippen LogP contribution < -0.4 is 10.6 Å². The van der Waals surface area contributed by atoms with Crippen LogP contribution >= 0.6 is 0 Å². The molecule has 3 aromatic rings. The molecule has 2 N–H and O–H groups in total. The zero-order chi connectivity index (χ0) is 22.9. The van der Waals surface area contributed by atoms with E-state index >= 15 is 0 Å². The molecule has 1 amide bonds. The number of imidazole rings is 1. The summed E-state index contributed by atoms with van der Waals surface area (Å²) in [6.45, 7) is 6.00. The number of guanidine groups is 1. The van der Waals surface area contributed by atoms with Gasteiger partial charge in [-0.2, -0.15) is 0 Å². The summed E-state index contributed by atoms with van der Waals surface area (Å²) in [5.74, 6) is 2.51. The normalized spacial score (nSPS) is 11.3. The highest BCUT2D eigenvalue weighted by Crippen LogP contribution is 2.10. The SMILES string of the molecule is CCNC(=NCc1ccc(-n2ccnc2C)nc1)NCCc1cccc(C(=O)N(C)C)c1. The number of amides is 1. The molecule has 0 unspecified atom stereocenters. The number of aromatic nitrogens is 3. The van der Waals surface area contributed by atoms with Crippen molar-refractivity contribution in [2.24, 2.45) is 4.99 Å². The molecule has 2 heterocycles. The van der Waals surface area contributed by atoms with Crippen molar-refractivity contribution in [3.05, 3.63) is 77.5 Å². The van der Waals surface area contributed by atoms with Gasteiger partial charge in [0.2, 0.25) is 0 Å². The van der Waals surface area contributed by atoms with Crippen molar-refractivity contribution in [1.82, 2.24) is 30.1 Å². The Kier molecular flexibility index (Phi) is 7.96. The number of benzene rings is 1. The molecular weight excluding hydrogens is 402 g/mol. The molecule has 8 heteroatoms. The minimum absolute atomic E-state index is 0.0116. The number of hydrogen-bond acceptors (Lipinski definition) is 4. The fourth-order valence-corrected chi connectivity index (χ4v) is 3.23. The Labute approximate surface area is 189 Å². The van der Waals surface area contributed by atoms with Crippen molar-refractivity contribution >= 4 is 11.9 Å². The van der Waals surface area contributed by atoms with Crippen LogP contribution in [0.3, 0.4) is 0 Å². The maximum Gasteiger partial charge on any atom is 0.253 e. The predicted molar refractivity (Wildman–Crippen MR) is 127 cm³/mol. The number of rotatable bonds is 8. The molecule has 8 nitrogen and oxygen atoms in total. The number of aliphatic imine (C=N–C) groups is 1. The van der Waals surface area contributed by atoms with E-state index in [1.807, 2.05) is 67.2 Å². The molecule has 1 aromatic carbocycles. The van der Waals surface area contributed by atoms with E-state index in [-0.39, 0.29) is 5.91 Å². The van der Waals surface area contributed by atoms with Gasteiger partial charge in [0.05, 0.1) is 6.54 Å². The molecule has 0 spiro atoms. The smallest absolute Gasteiger partial charge is 0.253 e. The maximum atomic E-state index is 12.2. The lowest BCUT2D eigenvalue weighted by molar-refractivity contribution is 0.0827. The second-order valence-corrected chi connectivity index (χ2v) is 7.64. The molecule has 0 radical (unpaired) electrons. The fraction of sp³-hybridized carbons (Fsp3) is 0.333. The van der Waals surface area contributed by atoms with E-state index in [1.165, 1.54) is 0 Å². The fourth-order valence-electron chi connectivity index (χ4n) is 3.23. The number of nitrogens with one attached hydrogen (secondary N) is 2. The van der Waals surface area contributed by atoms with Gasteiger partial charge in [-0.1, -0.05) is 18.2 Å². The summed E-state index contributed by atoms with van der Waals surface area (Å²) < 4.78 is 1.94. The van der Waals surface area contributed by atoms with Crippen molar-refractivity contribution < 1.29 is 4.79 Å². The lowest BCUT2D eigenvalue weighted by Gasteiger charge is -2.13. The maximum absolute atomic E-state index is 12.2. The van der Waals surface area contributed by atoms with Crippen molar-refractivity contribution in [3.63, 3.8) is 0 Å². The van der Waals surface area contributed by atoms with Crippen LogP contribution in [0.2, 0.25) is 0 Å². The second-order valence-electron chi connectivity index (χ2n) is 7.64. The number of carbonyl (C=O) groups excluding carboxylic acids is 1. The number of pyridine rings is 1. The van der Waals surface area contributed by atoms with Crippen LogP contribution in [-0.4, -0.2) is 58.5 Å². The van der Waals surface area contributed by atoms with Gasteiger partial charge >= 0.3 is 0 Å². The number of aryl methyl sites for hydroxylation is 1. The van der Waals surface area contributed by atoms with Crippen LogP contribution in [-0.2, 0) is 13.0 Å². The first-order chi connectivity index (χ1) is 15.5. The first-order valence-electron chi connectivity index (χ1n) is 10.8. The van der Waals surface area contributed by atoms with Crippen LogP contribution in [0.4, 0.5) is 0 Å². The summed E-state index contributed by atoms with van der Waals surface area (Å²) >= 11 is 0. The Hall–Kier alpha value is -3.68. The van der Waals surface area contributed by atoms with E-state index in [0.717, 1.165) is 41.7 Å². The Bertz CT molecular complexity index is 1050. The van der Waals surface area contributed by atoms with Gasteiger partial charge in [0.25, 0.3) is 5.91 Å². The summed E-state index contributed by atoms with van der Waals surface area (Å²) in [7, 11) is 3.52. The Morgan fingerprint density at radius 2 is 1.97 bits per heavy atom. The van der Waals surface area contributed by atoms with E-state index < -0.39 is 0 Å². The molecule has 0 fully saturated rings. The van der Waals surface area contributed by atoms with Gasteiger partial charge in [-0.05, 0) is 49.6 Å². The standard InChI is InChI=1S/C24H31N7O/c1-5-25-24(27-12-11-19-7-6-8-21(15-19)23(32)30(3)4)29-17-20-9-10-22(28-16-20)31-14-13-26-18(31)2/h6-10,13-16H,5,11-12,17H2,1-4H3,(H2,25,27,29). The van der Waals surface area contributed by atoms with Crippen LogP contribution in [0.15, 0.2) is 60.0 Å². The third-order valence-corrected chi connectivity index (χ3v) is 4.93. The highest BCUT2D eigenvalue weighted by Gasteiger charge is 2.08. The summed E-state index contributed by atoms with van der Waals surface area (Å²) in [5.41, 5.74) is 2.84. The lowest BCUT2D eigenvalue weighted by atomic mass is 10.1. The summed E-state index contributed by atoms with van der Waals surface area (Å²) in [6, 6.07) is 11.8. The summed E-state index contributed by atoms with van der Waals surface area (Å²) in [4.78, 5) is 27.2. The molecule has 0 aliphatic heterocycles. The molecule has 0 aliphatic carbocycles. The van der Waals surface area contributed by atoms with E-state index in [9.17, 15) is 4.79 Å². The molecule has 3 rings (SSSR count). The molecule has 32 heavy (non-hydrogen) atoms. The Balaban J connectivity index is 1.57. The average molecular weight is 434 g/mol. The van der Waals surface area contributed by atoms with E-state index in [1.54, 1.807) is 25.2 Å². The van der Waals surface area contributed by atoms with Crippen LogP contribution in [0, 0.1) is 6.92 Å². The minimum atomic E-state index is 0.0116. The van der Waals surface area contributed by atoms with Gasteiger partial charge in [0, 0.05) is 51.3 Å². The minimum Gasteiger partial charge on any atom is -0.357 e. The van der Waals surface area contributed by atoms with E-state index in [4.69, 9.17) is 0 Å². The summed E-state index contributed by atoms with van der Waals surface area (Å²) in [5, 5.41) is 6.63. The third-order valence-electron chi connectivity index (χ3n) is 4.93. The molecule has 168 valence electrons. The first-order valence-corrected chi connectivity index (χ1v) is 10.8. The van der Waals surface area contributed by atoms with Gasteiger partial charge in [0.15, 0.2) is 5.96 Å². The average Bonchev–Trinajstić information content (AvgIpc) is 3.23. The first kappa shape index (κ1) is 23.0. The van der Waals surface area contributed by atoms with Crippen molar-refractivity contribution in [2.45, 2.75) is 26.8 Å². The molecule has 0 saturated heterocycles. The van der Waals surface area contributed by atoms with E-state index in [2.05, 4.69) is 25.6 Å². The molecule has 2 aromatic heterocycles. The largest absolute Gasteiger partial charge is 0.357 e. The molecular formula is C24H31N7O. The van der Waals surface area contributed by atoms with Gasteiger partial charge in [-0.25, -0.2) is 15.0 Å². The van der Waals surface area contributed by atoms with Crippen molar-refractivity contribution in [1.29, 1.82) is 0 Å². The second kappa shape index (κ2) is 11.1. The monoisotopic (exact) mass is 433 g/mol. The molecule has 0 aliphatic rings. The Morgan fingerprint density at radius 1 is 1.12 bits per heavy atom. The topological polar surface area (TPSA) is 87.4 Å². The highest BCUT2D eigenvalue weighted by atomic mass is 16.2. The van der Waals surface area contributed by atoms with Gasteiger partial charge < -0.3 is 15.5 Å². The van der Waals surface area contributed by atoms with Crippen LogP contribution in [0.5, 0.6) is 0 Å². The van der Waals surface area contributed by atoms with Gasteiger partial charge in [0.1, 0.15) is 11.6 Å². The number of hydrogen-bond donors (Lipinski definition) is 2. The van der Waals surface area contributed by atoms with Crippen molar-refractivity contribution in [3.8, 4) is 5.82 Å². The molecule has 0 atom stereocenters. The highest BCUT2D eigenvalue weighted by molar-refractivity contribution is 5.94. The number of carbonyl (C=O) groups is 1. The molecule has 0 saturated carbocycles. The number of nitrogens with zero attached hydrogens (tertiary/aromatic N) is 5. The Morgan fingerprint density at radius 3 is 2.62 bits per heavy atom. The van der Waals surface area contributed by atoms with E-state index in [0.29, 0.717) is 18.7 Å². The predicted octanol–water partition coefficient (Wildman–Crippen LogP) is 2.58. The van der Waals surface area contributed by atoms with Crippen molar-refractivity contribution in [2.75, 3.05) is 27.2 Å². The summed E-state index contributed by atoms with van der Waals surface area (Å²) in [6.07, 6.45) is 6.29. The van der Waals surface area contributed by atoms with Crippen LogP contribution in [0.1, 0.15) is 34.2 Å². The quantitative estimate of drug-likeness (QED) is 0.421. The van der Waals surface area contributed by atoms with Crippen LogP contribution in [0.25, 0.3) is 5.82 Å². The lowest BCUT2D eigenvalue weighted by Crippen LogP contribution is -2.38. The van der Waals surface area contributed by atoms with Gasteiger partial charge in [-0.3, -0.25) is 9.36 Å².